The van der Waals surface area contributed by atoms with Crippen molar-refractivity contribution in [1.29, 1.82) is 0 Å². The highest BCUT2D eigenvalue weighted by atomic mass is 16.5. The lowest BCUT2D eigenvalue weighted by Crippen LogP contribution is -2.58. The number of carboxylic acid groups (broad SMARTS) is 1. The summed E-state index contributed by atoms with van der Waals surface area (Å²) in [5, 5.41) is 11.9. The maximum absolute atomic E-state index is 12.5. The summed E-state index contributed by atoms with van der Waals surface area (Å²) in [6.45, 7) is 4.43. The average Bonchev–Trinajstić information content (AvgIpc) is 2.82. The zero-order valence-corrected chi connectivity index (χ0v) is 18.7. The molecule has 0 aromatic heterocycles. The number of aromatic carboxylic acids is 1. The number of benzene rings is 2. The number of amides is 2. The monoisotopic (exact) mass is 451 g/mol. The van der Waals surface area contributed by atoms with Crippen molar-refractivity contribution in [2.24, 2.45) is 5.92 Å². The van der Waals surface area contributed by atoms with Gasteiger partial charge in [-0.25, -0.2) is 4.79 Å². The number of nitrogens with zero attached hydrogens (tertiary/aromatic N) is 2. The number of rotatable bonds is 6. The molecule has 2 amide bonds. The first-order valence-corrected chi connectivity index (χ1v) is 11.2. The Bertz CT molecular complexity index is 1020. The molecule has 0 saturated carbocycles. The maximum Gasteiger partial charge on any atom is 0.335 e. The second-order valence-corrected chi connectivity index (χ2v) is 8.90. The van der Waals surface area contributed by atoms with Crippen molar-refractivity contribution in [3.8, 4) is 0 Å². The van der Waals surface area contributed by atoms with Gasteiger partial charge in [-0.1, -0.05) is 24.3 Å². The highest BCUT2D eigenvalue weighted by Gasteiger charge is 2.43. The molecule has 0 bridgehead atoms. The number of morpholine rings is 1. The van der Waals surface area contributed by atoms with E-state index in [1.54, 1.807) is 12.1 Å². The minimum Gasteiger partial charge on any atom is -0.478 e. The van der Waals surface area contributed by atoms with Crippen molar-refractivity contribution >= 4 is 29.2 Å². The molecule has 0 radical (unpaired) electrons. The number of likely N-dealkylation sites (tertiary alicyclic amines) is 1. The van der Waals surface area contributed by atoms with E-state index in [0.717, 1.165) is 31.6 Å². The van der Waals surface area contributed by atoms with E-state index in [1.165, 1.54) is 12.1 Å². The minimum atomic E-state index is -1.03. The van der Waals surface area contributed by atoms with Crippen LogP contribution < -0.4 is 10.2 Å². The molecular weight excluding hydrogens is 422 g/mol. The quantitative estimate of drug-likeness (QED) is 0.701. The van der Waals surface area contributed by atoms with E-state index in [9.17, 15) is 14.4 Å². The summed E-state index contributed by atoms with van der Waals surface area (Å²) >= 11 is 0. The lowest BCUT2D eigenvalue weighted by Gasteiger charge is -2.47. The van der Waals surface area contributed by atoms with Crippen LogP contribution in [0.3, 0.4) is 0 Å². The summed E-state index contributed by atoms with van der Waals surface area (Å²) in [7, 11) is 0. The van der Waals surface area contributed by atoms with Gasteiger partial charge in [-0.15, -0.1) is 0 Å². The van der Waals surface area contributed by atoms with Crippen molar-refractivity contribution in [3.05, 3.63) is 60.2 Å². The summed E-state index contributed by atoms with van der Waals surface area (Å²) in [4.78, 5) is 40.0. The predicted molar refractivity (Wildman–Crippen MR) is 124 cm³/mol. The third-order valence-electron chi connectivity index (χ3n) is 6.58. The van der Waals surface area contributed by atoms with Gasteiger partial charge in [0.15, 0.2) is 0 Å². The van der Waals surface area contributed by atoms with E-state index in [0.29, 0.717) is 12.2 Å². The van der Waals surface area contributed by atoms with E-state index < -0.39 is 11.6 Å². The average molecular weight is 452 g/mol. The van der Waals surface area contributed by atoms with Crippen LogP contribution in [-0.2, 0) is 14.3 Å². The van der Waals surface area contributed by atoms with E-state index in [2.05, 4.69) is 17.1 Å². The molecule has 8 heteroatoms. The van der Waals surface area contributed by atoms with Gasteiger partial charge in [0.1, 0.15) is 6.61 Å². The van der Waals surface area contributed by atoms with Gasteiger partial charge >= 0.3 is 5.97 Å². The fraction of sp³-hybridized carbons (Fsp3) is 0.400. The molecule has 1 atom stereocenters. The molecule has 2 saturated heterocycles. The van der Waals surface area contributed by atoms with Gasteiger partial charge in [0.2, 0.25) is 5.91 Å². The molecule has 2 aromatic carbocycles. The Labute approximate surface area is 193 Å². The molecule has 4 rings (SSSR count). The number of carboxylic acids is 1. The Hall–Kier alpha value is -3.23. The highest BCUT2D eigenvalue weighted by Crippen LogP contribution is 2.35. The van der Waals surface area contributed by atoms with E-state index in [1.807, 2.05) is 35.2 Å². The standard InChI is InChI=1S/C25H29N3O5/c1-25(17-28(23(30)16-33-25)21-8-3-2-4-9-21)19-10-12-27(13-11-19)15-22(29)26-20-7-5-6-18(14-20)24(31)32/h2-9,14,19H,10-13,15-17H2,1H3,(H,26,29)(H,31,32)/t25-/m0/s1. The van der Waals surface area contributed by atoms with Crippen molar-refractivity contribution in [1.82, 2.24) is 4.90 Å². The molecule has 2 N–H and O–H groups in total. The summed E-state index contributed by atoms with van der Waals surface area (Å²) in [6.07, 6.45) is 1.74. The van der Waals surface area contributed by atoms with Gasteiger partial charge in [0.05, 0.1) is 24.3 Å². The van der Waals surface area contributed by atoms with Crippen LogP contribution in [-0.4, -0.2) is 66.2 Å². The molecule has 0 unspecified atom stereocenters. The number of anilines is 2. The van der Waals surface area contributed by atoms with Crippen molar-refractivity contribution in [2.45, 2.75) is 25.4 Å². The van der Waals surface area contributed by atoms with Crippen LogP contribution >= 0.6 is 0 Å². The van der Waals surface area contributed by atoms with Crippen LogP contribution in [0.5, 0.6) is 0 Å². The van der Waals surface area contributed by atoms with Crippen LogP contribution in [0.1, 0.15) is 30.1 Å². The number of carbonyl (C=O) groups is 3. The summed E-state index contributed by atoms with van der Waals surface area (Å²) in [5.74, 6) is -0.945. The Balaban J connectivity index is 1.31. The van der Waals surface area contributed by atoms with Crippen LogP contribution in [0.15, 0.2) is 54.6 Å². The van der Waals surface area contributed by atoms with E-state index >= 15 is 0 Å². The number of nitrogens with one attached hydrogen (secondary N) is 1. The number of carbonyl (C=O) groups excluding carboxylic acids is 2. The predicted octanol–water partition coefficient (Wildman–Crippen LogP) is 2.86. The topological polar surface area (TPSA) is 99.2 Å². The summed E-state index contributed by atoms with van der Waals surface area (Å²) in [6, 6.07) is 15.9. The zero-order chi connectivity index (χ0) is 23.4. The smallest absolute Gasteiger partial charge is 0.335 e. The fourth-order valence-corrected chi connectivity index (χ4v) is 4.68. The van der Waals surface area contributed by atoms with Gasteiger partial charge in [-0.2, -0.15) is 0 Å². The molecule has 33 heavy (non-hydrogen) atoms. The minimum absolute atomic E-state index is 0.0280. The van der Waals surface area contributed by atoms with E-state index in [-0.39, 0.29) is 36.4 Å². The SMILES string of the molecule is C[C@@]1(C2CCN(CC(=O)Nc3cccc(C(=O)O)c3)CC2)CN(c2ccccc2)C(=O)CO1. The second kappa shape index (κ2) is 9.72. The van der Waals surface area contributed by atoms with Crippen molar-refractivity contribution in [3.63, 3.8) is 0 Å². The normalized spacial score (nSPS) is 22.2. The van der Waals surface area contributed by atoms with Crippen LogP contribution in [0.2, 0.25) is 0 Å². The fourth-order valence-electron chi connectivity index (χ4n) is 4.68. The number of ether oxygens (including phenoxy) is 1. The Morgan fingerprint density at radius 3 is 2.55 bits per heavy atom. The van der Waals surface area contributed by atoms with Gasteiger partial charge in [0, 0.05) is 11.4 Å². The van der Waals surface area contributed by atoms with Crippen molar-refractivity contribution < 1.29 is 24.2 Å². The third-order valence-corrected chi connectivity index (χ3v) is 6.58. The molecule has 2 heterocycles. The highest BCUT2D eigenvalue weighted by molar-refractivity contribution is 5.95. The molecular formula is C25H29N3O5. The van der Waals surface area contributed by atoms with Gasteiger partial charge in [-0.3, -0.25) is 14.5 Å². The number of hydrogen-bond acceptors (Lipinski definition) is 5. The molecule has 2 aliphatic heterocycles. The van der Waals surface area contributed by atoms with Crippen LogP contribution in [0.25, 0.3) is 0 Å². The molecule has 2 aliphatic rings. The summed E-state index contributed by atoms with van der Waals surface area (Å²) in [5.41, 5.74) is 1.06. The van der Waals surface area contributed by atoms with E-state index in [4.69, 9.17) is 9.84 Å². The molecule has 0 aliphatic carbocycles. The Kier molecular flexibility index (Phi) is 6.76. The van der Waals surface area contributed by atoms with Gasteiger partial charge < -0.3 is 20.1 Å². The van der Waals surface area contributed by atoms with Gasteiger partial charge in [-0.05, 0) is 69.1 Å². The largest absolute Gasteiger partial charge is 0.478 e. The molecule has 174 valence electrons. The third kappa shape index (κ3) is 5.40. The van der Waals surface area contributed by atoms with Gasteiger partial charge in [0.25, 0.3) is 5.91 Å². The Morgan fingerprint density at radius 2 is 1.85 bits per heavy atom. The first-order chi connectivity index (χ1) is 15.8. The lowest BCUT2D eigenvalue weighted by atomic mass is 9.80. The molecule has 2 aromatic rings. The zero-order valence-electron chi connectivity index (χ0n) is 18.7. The number of para-hydroxylation sites is 1. The number of hydrogen-bond donors (Lipinski definition) is 2. The Morgan fingerprint density at radius 1 is 1.12 bits per heavy atom. The summed E-state index contributed by atoms with van der Waals surface area (Å²) < 4.78 is 6.06. The second-order valence-electron chi connectivity index (χ2n) is 8.90. The van der Waals surface area contributed by atoms with Crippen LogP contribution in [0, 0.1) is 5.92 Å². The first-order valence-electron chi connectivity index (χ1n) is 11.2. The lowest BCUT2D eigenvalue weighted by molar-refractivity contribution is -0.146. The number of piperidine rings is 1. The molecule has 0 spiro atoms. The van der Waals surface area contributed by atoms with Crippen molar-refractivity contribution in [2.75, 3.05) is 43.0 Å². The molecule has 8 nitrogen and oxygen atoms in total. The molecule has 2 fully saturated rings. The maximum atomic E-state index is 12.5. The van der Waals surface area contributed by atoms with Crippen LogP contribution in [0.4, 0.5) is 11.4 Å². The first kappa shape index (κ1) is 22.9.